The molecule has 0 fully saturated rings. The lowest BCUT2D eigenvalue weighted by atomic mass is 10.0. The number of carbonyl (C=O) groups excluding carboxylic acids is 1. The average molecular weight is 324 g/mol. The van der Waals surface area contributed by atoms with Gasteiger partial charge in [-0.05, 0) is 29.7 Å². The molecule has 0 aromatic heterocycles. The van der Waals surface area contributed by atoms with Gasteiger partial charge < -0.3 is 10.2 Å². The van der Waals surface area contributed by atoms with Gasteiger partial charge in [0.1, 0.15) is 0 Å². The van der Waals surface area contributed by atoms with Crippen molar-refractivity contribution in [3.63, 3.8) is 0 Å². The van der Waals surface area contributed by atoms with Gasteiger partial charge in [0.25, 0.3) is 5.91 Å². The highest BCUT2D eigenvalue weighted by Gasteiger charge is 2.25. The lowest BCUT2D eigenvalue weighted by molar-refractivity contribution is 0.0712. The van der Waals surface area contributed by atoms with Crippen LogP contribution in [0.25, 0.3) is 5.76 Å². The van der Waals surface area contributed by atoms with Crippen LogP contribution in [0.1, 0.15) is 40.4 Å². The zero-order valence-corrected chi connectivity index (χ0v) is 13.5. The number of nitrogens with one attached hydrogen (secondary N) is 1. The molecule has 1 heterocycles. The van der Waals surface area contributed by atoms with Crippen LogP contribution in [-0.2, 0) is 13.0 Å². The molecule has 0 bridgehead atoms. The number of amides is 1. The number of fused-ring (bicyclic) bond motifs is 1. The van der Waals surface area contributed by atoms with E-state index in [2.05, 4.69) is 12.3 Å². The van der Waals surface area contributed by atoms with Crippen LogP contribution >= 0.6 is 0 Å². The SMILES string of the molecule is CCCc1ccc(C(=O)NN2Cc3ccccc3C(O)=C2O)cc1. The van der Waals surface area contributed by atoms with Crippen molar-refractivity contribution in [2.45, 2.75) is 26.3 Å². The Bertz CT molecular complexity index is 781. The van der Waals surface area contributed by atoms with E-state index in [-0.39, 0.29) is 24.1 Å². The molecule has 0 saturated heterocycles. The second kappa shape index (κ2) is 6.66. The number of aryl methyl sites for hydroxylation is 1. The third kappa shape index (κ3) is 3.06. The van der Waals surface area contributed by atoms with E-state index < -0.39 is 0 Å². The molecular formula is C19H20N2O3. The number of hydrogen-bond acceptors (Lipinski definition) is 4. The molecular weight excluding hydrogens is 304 g/mol. The molecule has 3 N–H and O–H groups in total. The molecule has 2 aromatic rings. The van der Waals surface area contributed by atoms with E-state index in [9.17, 15) is 15.0 Å². The van der Waals surface area contributed by atoms with Crippen molar-refractivity contribution in [3.8, 4) is 0 Å². The van der Waals surface area contributed by atoms with E-state index in [1.807, 2.05) is 24.3 Å². The fraction of sp³-hybridized carbons (Fsp3) is 0.211. The number of hydrogen-bond donors (Lipinski definition) is 3. The van der Waals surface area contributed by atoms with Crippen molar-refractivity contribution in [2.75, 3.05) is 0 Å². The molecule has 5 nitrogen and oxygen atoms in total. The summed E-state index contributed by atoms with van der Waals surface area (Å²) in [6.45, 7) is 2.39. The standard InChI is InChI=1S/C19H20N2O3/c1-2-5-13-8-10-14(11-9-13)18(23)20-21-12-15-6-3-4-7-16(15)17(22)19(21)24/h3-4,6-11,22,24H,2,5,12H2,1H3,(H,20,23). The highest BCUT2D eigenvalue weighted by molar-refractivity contribution is 5.94. The van der Waals surface area contributed by atoms with Crippen LogP contribution in [0.15, 0.2) is 54.4 Å². The van der Waals surface area contributed by atoms with Gasteiger partial charge in [0.2, 0.25) is 5.88 Å². The summed E-state index contributed by atoms with van der Waals surface area (Å²) in [7, 11) is 0. The Morgan fingerprint density at radius 3 is 2.54 bits per heavy atom. The number of nitrogens with zero attached hydrogens (tertiary/aromatic N) is 1. The maximum Gasteiger partial charge on any atom is 0.269 e. The summed E-state index contributed by atoms with van der Waals surface area (Å²) in [6, 6.07) is 14.6. The molecule has 0 aliphatic carbocycles. The molecule has 0 atom stereocenters. The molecule has 5 heteroatoms. The highest BCUT2D eigenvalue weighted by atomic mass is 16.3. The monoisotopic (exact) mass is 324 g/mol. The summed E-state index contributed by atoms with van der Waals surface area (Å²) >= 11 is 0. The Morgan fingerprint density at radius 1 is 1.12 bits per heavy atom. The topological polar surface area (TPSA) is 72.8 Å². The van der Waals surface area contributed by atoms with Gasteiger partial charge in [-0.1, -0.05) is 49.7 Å². The zero-order chi connectivity index (χ0) is 17.1. The Morgan fingerprint density at radius 2 is 1.83 bits per heavy atom. The smallest absolute Gasteiger partial charge is 0.269 e. The predicted molar refractivity (Wildman–Crippen MR) is 92.1 cm³/mol. The number of carbonyl (C=O) groups is 1. The van der Waals surface area contributed by atoms with Gasteiger partial charge >= 0.3 is 0 Å². The summed E-state index contributed by atoms with van der Waals surface area (Å²) in [6.07, 6.45) is 2.03. The van der Waals surface area contributed by atoms with Gasteiger partial charge in [-0.15, -0.1) is 0 Å². The van der Waals surface area contributed by atoms with Gasteiger partial charge in [-0.25, -0.2) is 5.01 Å². The molecule has 0 saturated carbocycles. The maximum absolute atomic E-state index is 12.4. The first-order valence-corrected chi connectivity index (χ1v) is 7.98. The van der Waals surface area contributed by atoms with E-state index in [0.717, 1.165) is 18.4 Å². The van der Waals surface area contributed by atoms with Gasteiger partial charge in [-0.3, -0.25) is 10.2 Å². The molecule has 1 aliphatic rings. The van der Waals surface area contributed by atoms with E-state index in [1.165, 1.54) is 10.6 Å². The van der Waals surface area contributed by atoms with Gasteiger partial charge in [0, 0.05) is 11.1 Å². The minimum Gasteiger partial charge on any atom is -0.503 e. The molecule has 0 spiro atoms. The molecule has 0 radical (unpaired) electrons. The minimum atomic E-state index is -0.357. The summed E-state index contributed by atoms with van der Waals surface area (Å²) < 4.78 is 0. The number of aliphatic hydroxyl groups is 2. The van der Waals surface area contributed by atoms with Crippen molar-refractivity contribution >= 4 is 11.7 Å². The summed E-state index contributed by atoms with van der Waals surface area (Å²) in [5.41, 5.74) is 5.72. The number of rotatable bonds is 4. The largest absolute Gasteiger partial charge is 0.503 e. The van der Waals surface area contributed by atoms with Crippen LogP contribution in [0, 0.1) is 0 Å². The first kappa shape index (κ1) is 15.9. The Hall–Kier alpha value is -2.95. The molecule has 124 valence electrons. The highest BCUT2D eigenvalue weighted by Crippen LogP contribution is 2.27. The number of aliphatic hydroxyl groups excluding tert-OH is 2. The van der Waals surface area contributed by atoms with Crippen molar-refractivity contribution in [2.24, 2.45) is 0 Å². The second-order valence-corrected chi connectivity index (χ2v) is 5.80. The molecule has 0 unspecified atom stereocenters. The molecule has 3 rings (SSSR count). The summed E-state index contributed by atoms with van der Waals surface area (Å²) in [4.78, 5) is 12.4. The predicted octanol–water partition coefficient (Wildman–Crippen LogP) is 3.54. The normalized spacial score (nSPS) is 13.6. The molecule has 24 heavy (non-hydrogen) atoms. The molecule has 2 aromatic carbocycles. The lowest BCUT2D eigenvalue weighted by Gasteiger charge is -2.29. The van der Waals surface area contributed by atoms with Crippen molar-refractivity contribution in [1.82, 2.24) is 10.4 Å². The number of benzene rings is 2. The Labute approximate surface area is 140 Å². The Kier molecular flexibility index (Phi) is 4.42. The van der Waals surface area contributed by atoms with Crippen molar-refractivity contribution in [3.05, 3.63) is 76.7 Å². The molecule has 1 aliphatic heterocycles. The van der Waals surface area contributed by atoms with Crippen LogP contribution in [-0.4, -0.2) is 21.1 Å². The van der Waals surface area contributed by atoms with E-state index >= 15 is 0 Å². The first-order valence-electron chi connectivity index (χ1n) is 7.98. The quantitative estimate of drug-likeness (QED) is 0.804. The van der Waals surface area contributed by atoms with E-state index in [1.54, 1.807) is 24.3 Å². The van der Waals surface area contributed by atoms with Crippen LogP contribution in [0.5, 0.6) is 0 Å². The van der Waals surface area contributed by atoms with Crippen LogP contribution < -0.4 is 5.43 Å². The van der Waals surface area contributed by atoms with E-state index in [4.69, 9.17) is 0 Å². The minimum absolute atomic E-state index is 0.240. The zero-order valence-electron chi connectivity index (χ0n) is 13.5. The second-order valence-electron chi connectivity index (χ2n) is 5.80. The molecule has 1 amide bonds. The fourth-order valence-corrected chi connectivity index (χ4v) is 2.77. The van der Waals surface area contributed by atoms with Crippen LogP contribution in [0.2, 0.25) is 0 Å². The fourth-order valence-electron chi connectivity index (χ4n) is 2.77. The van der Waals surface area contributed by atoms with Crippen LogP contribution in [0.4, 0.5) is 0 Å². The Balaban J connectivity index is 1.76. The van der Waals surface area contributed by atoms with Gasteiger partial charge in [0.05, 0.1) is 6.54 Å². The first-order chi connectivity index (χ1) is 11.6. The average Bonchev–Trinajstić information content (AvgIpc) is 2.60. The summed E-state index contributed by atoms with van der Waals surface area (Å²) in [5, 5.41) is 21.5. The van der Waals surface area contributed by atoms with Crippen molar-refractivity contribution in [1.29, 1.82) is 0 Å². The van der Waals surface area contributed by atoms with Crippen molar-refractivity contribution < 1.29 is 15.0 Å². The van der Waals surface area contributed by atoms with Crippen LogP contribution in [0.3, 0.4) is 0 Å². The maximum atomic E-state index is 12.4. The lowest BCUT2D eigenvalue weighted by Crippen LogP contribution is -2.43. The van der Waals surface area contributed by atoms with Gasteiger partial charge in [0.15, 0.2) is 5.76 Å². The summed E-state index contributed by atoms with van der Waals surface area (Å²) in [5.74, 6) is -0.933. The third-order valence-electron chi connectivity index (χ3n) is 4.06. The third-order valence-corrected chi connectivity index (χ3v) is 4.06. The van der Waals surface area contributed by atoms with E-state index in [0.29, 0.717) is 11.1 Å². The number of hydrazine groups is 1. The van der Waals surface area contributed by atoms with Gasteiger partial charge in [-0.2, -0.15) is 0 Å².